The van der Waals surface area contributed by atoms with Crippen LogP contribution in [0, 0.1) is 5.89 Å². The van der Waals surface area contributed by atoms with Gasteiger partial charge in [0.25, 0.3) is 0 Å². The molecule has 0 saturated carbocycles. The minimum absolute atomic E-state index is 0.0137. The Kier molecular flexibility index (Phi) is 1.54. The molecule has 1 aromatic carbocycles. The average Bonchev–Trinajstić information content (AvgIpc) is 2.87. The average molecular weight is 305 g/mol. The summed E-state index contributed by atoms with van der Waals surface area (Å²) in [6.07, 6.45) is -2.33. The molecular weight excluding hydrogens is 278 g/mol. The van der Waals surface area contributed by atoms with Crippen LogP contribution in [0.3, 0.4) is 0 Å². The van der Waals surface area contributed by atoms with Gasteiger partial charge in [0.2, 0.25) is 0 Å². The van der Waals surface area contributed by atoms with Crippen LogP contribution >= 0.6 is 0 Å². The maximum Gasteiger partial charge on any atom is 0.165 e. The van der Waals surface area contributed by atoms with Crippen LogP contribution in [-0.2, 0) is 11.8 Å². The standard InChI is InChI=1S/C18H21NO3/c1-19-8-7-18-11-4-5-13(20)17(18)22-16-14(21-2)6-3-10(15(16)18)9-12(11)19/h3-6,11-13,17,20H,7-9H2,1-2H3/t11-,12+,13?,17?,18-/m0/s1/i3D,6D,9D2,11D,17D. The number of aliphatic hydroxyl groups excluding tert-OH is 1. The molecule has 2 bridgehead atoms. The van der Waals surface area contributed by atoms with Crippen LogP contribution in [0.2, 0.25) is 0 Å². The van der Waals surface area contributed by atoms with Crippen molar-refractivity contribution in [3.05, 3.63) is 35.4 Å². The van der Waals surface area contributed by atoms with Crippen molar-refractivity contribution in [3.8, 4) is 11.5 Å². The number of hydrogen-bond acceptors (Lipinski definition) is 4. The van der Waals surface area contributed by atoms with E-state index in [1.165, 1.54) is 19.3 Å². The Hall–Kier alpha value is -1.52. The molecule has 0 aromatic heterocycles. The Bertz CT molecular complexity index is 954. The topological polar surface area (TPSA) is 41.9 Å². The lowest BCUT2D eigenvalue weighted by Crippen LogP contribution is -2.64. The second-order valence-corrected chi connectivity index (χ2v) is 6.27. The van der Waals surface area contributed by atoms with E-state index in [2.05, 4.69) is 0 Å². The highest BCUT2D eigenvalue weighted by molar-refractivity contribution is 5.62. The first-order chi connectivity index (χ1) is 13.0. The quantitative estimate of drug-likeness (QED) is 0.799. The van der Waals surface area contributed by atoms with Crippen molar-refractivity contribution in [2.24, 2.45) is 5.89 Å². The van der Waals surface area contributed by atoms with Crippen LogP contribution in [-0.4, -0.2) is 48.9 Å². The van der Waals surface area contributed by atoms with Crippen molar-refractivity contribution < 1.29 is 22.8 Å². The van der Waals surface area contributed by atoms with Gasteiger partial charge in [-0.2, -0.15) is 0 Å². The van der Waals surface area contributed by atoms with Gasteiger partial charge < -0.3 is 19.5 Å². The number of rotatable bonds is 1. The molecule has 1 spiro atoms. The van der Waals surface area contributed by atoms with Gasteiger partial charge in [0, 0.05) is 27.0 Å². The van der Waals surface area contributed by atoms with E-state index in [9.17, 15) is 6.48 Å². The summed E-state index contributed by atoms with van der Waals surface area (Å²) in [5.41, 5.74) is -1.16. The van der Waals surface area contributed by atoms with E-state index in [-0.39, 0.29) is 41.1 Å². The monoisotopic (exact) mass is 305 g/mol. The van der Waals surface area contributed by atoms with E-state index in [0.717, 1.165) is 0 Å². The van der Waals surface area contributed by atoms with Crippen molar-refractivity contribution in [1.82, 2.24) is 4.90 Å². The Labute approximate surface area is 138 Å². The molecule has 4 nitrogen and oxygen atoms in total. The fourth-order valence-electron chi connectivity index (χ4n) is 4.32. The number of likely N-dealkylation sites (N-methyl/N-ethyl adjacent to an activating group) is 1. The predicted octanol–water partition coefficient (Wildman–Crippen LogP) is 1.50. The van der Waals surface area contributed by atoms with Gasteiger partial charge in [-0.1, -0.05) is 18.2 Å². The summed E-state index contributed by atoms with van der Waals surface area (Å²) in [5, 5.41) is 10.7. The fraction of sp³-hybridized carbons (Fsp3) is 0.556. The minimum atomic E-state index is -2.13. The molecule has 1 fully saturated rings. The highest BCUT2D eigenvalue weighted by Gasteiger charge is 2.64. The lowest BCUT2D eigenvalue weighted by atomic mass is 9.53. The zero-order valence-corrected chi connectivity index (χ0v) is 12.4. The third-order valence-electron chi connectivity index (χ3n) is 5.32. The van der Waals surface area contributed by atoms with Crippen molar-refractivity contribution >= 4 is 0 Å². The smallest absolute Gasteiger partial charge is 0.165 e. The first kappa shape index (κ1) is 8.37. The van der Waals surface area contributed by atoms with Crippen LogP contribution in [0.4, 0.5) is 0 Å². The van der Waals surface area contributed by atoms with Crippen LogP contribution in [0.5, 0.6) is 11.5 Å². The lowest BCUT2D eigenvalue weighted by Gasteiger charge is -2.56. The number of likely N-dealkylation sites (tertiary alicyclic amines) is 1. The molecular formula is C18H21NO3. The number of aliphatic hydroxyl groups is 1. The summed E-state index contributed by atoms with van der Waals surface area (Å²) in [5.74, 6) is -1.63. The summed E-state index contributed by atoms with van der Waals surface area (Å²) in [6.45, 7) is 0.409. The Morgan fingerprint density at radius 1 is 1.55 bits per heavy atom. The van der Waals surface area contributed by atoms with Crippen molar-refractivity contribution in [1.29, 1.82) is 0 Å². The highest BCUT2D eigenvalue weighted by Crippen LogP contribution is 2.62. The molecule has 2 aliphatic carbocycles. The molecule has 0 amide bonds. The van der Waals surface area contributed by atoms with Crippen molar-refractivity contribution in [2.45, 2.75) is 36.4 Å². The van der Waals surface area contributed by atoms with Gasteiger partial charge in [-0.15, -0.1) is 0 Å². The first-order valence-corrected chi connectivity index (χ1v) is 7.48. The van der Waals surface area contributed by atoms with Crippen LogP contribution in [0.15, 0.2) is 24.2 Å². The zero-order valence-electron chi connectivity index (χ0n) is 18.4. The predicted molar refractivity (Wildman–Crippen MR) is 82.5 cm³/mol. The molecule has 22 heavy (non-hydrogen) atoms. The third kappa shape index (κ3) is 1.28. The molecule has 4 aliphatic rings. The SMILES string of the molecule is [2H]c1c([2H])c2c3c(c1OC)OC1([2H])C(O)C=C[C@@]4([2H])[C@H](N(C)CC[C@]314)C2([2H])[2H]. The molecule has 0 radical (unpaired) electrons. The van der Waals surface area contributed by atoms with E-state index in [1.807, 2.05) is 0 Å². The molecule has 1 aromatic rings. The van der Waals surface area contributed by atoms with E-state index in [0.29, 0.717) is 6.54 Å². The summed E-state index contributed by atoms with van der Waals surface area (Å²) in [7, 11) is 3.06. The molecule has 5 atom stereocenters. The zero-order chi connectivity index (χ0) is 20.4. The number of methoxy groups -OCH3 is 1. The number of ether oxygens (including phenoxy) is 2. The lowest BCUT2D eigenvalue weighted by molar-refractivity contribution is -0.0453. The molecule has 116 valence electrons. The van der Waals surface area contributed by atoms with Gasteiger partial charge in [-0.05, 0) is 38.0 Å². The van der Waals surface area contributed by atoms with Gasteiger partial charge in [0.15, 0.2) is 11.5 Å². The molecule has 1 N–H and O–H groups in total. The Morgan fingerprint density at radius 3 is 3.23 bits per heavy atom. The van der Waals surface area contributed by atoms with E-state index in [1.54, 1.807) is 11.9 Å². The van der Waals surface area contributed by atoms with E-state index in [4.69, 9.17) is 16.3 Å². The van der Waals surface area contributed by atoms with Gasteiger partial charge in [-0.25, -0.2) is 0 Å². The van der Waals surface area contributed by atoms with Gasteiger partial charge in [0.05, 0.1) is 11.2 Å². The fourth-order valence-corrected chi connectivity index (χ4v) is 4.32. The number of nitrogens with zero attached hydrogens (tertiary/aromatic N) is 1. The summed E-state index contributed by atoms with van der Waals surface area (Å²) in [4.78, 5) is 1.74. The van der Waals surface area contributed by atoms with Crippen molar-refractivity contribution in [2.75, 3.05) is 20.7 Å². The summed E-state index contributed by atoms with van der Waals surface area (Å²) >= 11 is 0. The maximum absolute atomic E-state index is 10.7. The van der Waals surface area contributed by atoms with Crippen LogP contribution in [0.25, 0.3) is 0 Å². The Balaban J connectivity index is 2.03. The maximum atomic E-state index is 10.7. The minimum Gasteiger partial charge on any atom is -0.493 e. The van der Waals surface area contributed by atoms with Gasteiger partial charge >= 0.3 is 0 Å². The van der Waals surface area contributed by atoms with Gasteiger partial charge in [-0.3, -0.25) is 0 Å². The first-order valence-electron chi connectivity index (χ1n) is 10.5. The normalized spacial score (nSPS) is 54.0. The highest BCUT2D eigenvalue weighted by atomic mass is 16.5. The molecule has 1 saturated heterocycles. The summed E-state index contributed by atoms with van der Waals surface area (Å²) < 4.78 is 64.5. The molecule has 2 aliphatic heterocycles. The molecule has 5 rings (SSSR count). The molecule has 4 heteroatoms. The van der Waals surface area contributed by atoms with E-state index < -0.39 is 35.9 Å². The third-order valence-corrected chi connectivity index (χ3v) is 5.32. The van der Waals surface area contributed by atoms with Gasteiger partial charge in [0.1, 0.15) is 12.2 Å². The van der Waals surface area contributed by atoms with Crippen molar-refractivity contribution in [3.63, 3.8) is 0 Å². The largest absolute Gasteiger partial charge is 0.493 e. The van der Waals surface area contributed by atoms with Crippen LogP contribution in [0.1, 0.15) is 25.8 Å². The number of hydrogen-bond donors (Lipinski definition) is 1. The second-order valence-electron chi connectivity index (χ2n) is 6.27. The number of piperidine rings is 1. The second kappa shape index (κ2) is 4.06. The number of benzene rings is 1. The van der Waals surface area contributed by atoms with Crippen LogP contribution < -0.4 is 9.47 Å². The van der Waals surface area contributed by atoms with E-state index >= 15 is 0 Å². The Morgan fingerprint density at radius 2 is 2.41 bits per heavy atom. The molecule has 2 heterocycles. The summed E-state index contributed by atoms with van der Waals surface area (Å²) in [6, 6.07) is -1.64. The molecule has 2 unspecified atom stereocenters.